The molecule has 7 heteroatoms. The lowest BCUT2D eigenvalue weighted by Gasteiger charge is -2.60. The van der Waals surface area contributed by atoms with Crippen LogP contribution >= 0.6 is 0 Å². The van der Waals surface area contributed by atoms with Crippen LogP contribution in [0.5, 0.6) is 11.5 Å². The third kappa shape index (κ3) is 2.78. The number of carbonyl (C=O) groups is 1. The van der Waals surface area contributed by atoms with E-state index in [1.54, 1.807) is 13.2 Å². The van der Waals surface area contributed by atoms with E-state index in [0.29, 0.717) is 18.7 Å². The third-order valence-corrected chi connectivity index (χ3v) is 7.54. The molecular formula is C22H32N2O5. The number of aromatic hydroxyl groups is 1. The summed E-state index contributed by atoms with van der Waals surface area (Å²) < 4.78 is 12.8. The number of hydrogen-bond donors (Lipinski definition) is 3. The lowest BCUT2D eigenvalue weighted by atomic mass is 9.52. The number of methoxy groups -OCH3 is 1. The molecule has 7 nitrogen and oxygen atoms in total. The van der Waals surface area contributed by atoms with Gasteiger partial charge in [0.25, 0.3) is 0 Å². The number of phenolic OH excluding ortho intramolecular Hbond substituents is 1. The van der Waals surface area contributed by atoms with Crippen molar-refractivity contribution in [3.8, 4) is 11.5 Å². The predicted molar refractivity (Wildman–Crippen MR) is 109 cm³/mol. The summed E-state index contributed by atoms with van der Waals surface area (Å²) in [4.78, 5) is 13.1. The van der Waals surface area contributed by atoms with Gasteiger partial charge in [0.15, 0.2) is 11.5 Å². The first kappa shape index (κ1) is 20.4. The van der Waals surface area contributed by atoms with Gasteiger partial charge in [-0.2, -0.15) is 0 Å². The fourth-order valence-corrected chi connectivity index (χ4v) is 6.25. The molecule has 1 saturated carbocycles. The Bertz CT molecular complexity index is 813. The molecule has 2 aliphatic carbocycles. The Labute approximate surface area is 172 Å². The normalized spacial score (nSPS) is 34.7. The van der Waals surface area contributed by atoms with Crippen LogP contribution in [0.2, 0.25) is 0 Å². The van der Waals surface area contributed by atoms with Crippen LogP contribution in [0.3, 0.4) is 0 Å². The smallest absolute Gasteiger partial charge is 0.303 e. The highest BCUT2D eigenvalue weighted by molar-refractivity contribution is 5.66. The van der Waals surface area contributed by atoms with E-state index in [0.717, 1.165) is 24.8 Å². The lowest BCUT2D eigenvalue weighted by molar-refractivity contribution is -0.171. The monoisotopic (exact) mass is 404 g/mol. The van der Waals surface area contributed by atoms with Crippen LogP contribution in [-0.2, 0) is 21.4 Å². The van der Waals surface area contributed by atoms with E-state index in [9.17, 15) is 9.90 Å². The molecule has 0 saturated heterocycles. The quantitative estimate of drug-likeness (QED) is 0.598. The number of carboxylic acids is 1. The largest absolute Gasteiger partial charge is 0.504 e. The molecule has 0 amide bonds. The first-order chi connectivity index (χ1) is 13.8. The minimum absolute atomic E-state index is 0.0673. The highest BCUT2D eigenvalue weighted by atomic mass is 16.5. The van der Waals surface area contributed by atoms with Crippen LogP contribution in [0.25, 0.3) is 0 Å². The van der Waals surface area contributed by atoms with Crippen molar-refractivity contribution in [3.63, 3.8) is 0 Å². The molecule has 1 aromatic rings. The summed E-state index contributed by atoms with van der Waals surface area (Å²) in [5.74, 6) is -0.00817. The Morgan fingerprint density at radius 2 is 2.17 bits per heavy atom. The first-order valence-corrected chi connectivity index (χ1v) is 10.4. The van der Waals surface area contributed by atoms with E-state index in [1.165, 1.54) is 5.56 Å². The summed E-state index contributed by atoms with van der Waals surface area (Å²) in [6.45, 7) is 2.84. The number of likely N-dealkylation sites (N-methyl/N-ethyl adjacent to an activating group) is 1. The van der Waals surface area contributed by atoms with Crippen LogP contribution in [-0.4, -0.2) is 72.6 Å². The fraction of sp³-hybridized carbons (Fsp3) is 0.682. The number of benzene rings is 1. The number of ether oxygens (including phenoxy) is 2. The SMILES string of the molecule is CO[C@@]12CC[C@H](NCCCC(=O)O)[C@@H]3Oc4c(O)ccc(c4C31C)CC2N(C)C. The first-order valence-electron chi connectivity index (χ1n) is 10.4. The highest BCUT2D eigenvalue weighted by Crippen LogP contribution is 2.63. The van der Waals surface area contributed by atoms with Crippen molar-refractivity contribution in [1.82, 2.24) is 10.2 Å². The number of nitrogens with zero attached hydrogens (tertiary/aromatic N) is 1. The van der Waals surface area contributed by atoms with Gasteiger partial charge in [-0.25, -0.2) is 0 Å². The van der Waals surface area contributed by atoms with Gasteiger partial charge in [0, 0.05) is 31.2 Å². The number of rotatable bonds is 7. The maximum absolute atomic E-state index is 10.8. The molecule has 1 heterocycles. The van der Waals surface area contributed by atoms with Gasteiger partial charge in [0.05, 0.1) is 11.0 Å². The van der Waals surface area contributed by atoms with Crippen molar-refractivity contribution in [2.75, 3.05) is 27.7 Å². The number of aliphatic carboxylic acids is 1. The molecule has 2 unspecified atom stereocenters. The van der Waals surface area contributed by atoms with Gasteiger partial charge in [-0.3, -0.25) is 4.79 Å². The summed E-state index contributed by atoms with van der Waals surface area (Å²) in [7, 11) is 6.00. The van der Waals surface area contributed by atoms with Gasteiger partial charge in [-0.1, -0.05) is 6.07 Å². The van der Waals surface area contributed by atoms with Gasteiger partial charge >= 0.3 is 5.97 Å². The summed E-state index contributed by atoms with van der Waals surface area (Å²) >= 11 is 0. The minimum atomic E-state index is -0.777. The average Bonchev–Trinajstić information content (AvgIpc) is 3.00. The fourth-order valence-electron chi connectivity index (χ4n) is 6.25. The maximum Gasteiger partial charge on any atom is 0.303 e. The topological polar surface area (TPSA) is 91.3 Å². The van der Waals surface area contributed by atoms with Crippen molar-refractivity contribution < 1.29 is 24.5 Å². The minimum Gasteiger partial charge on any atom is -0.504 e. The molecule has 1 aliphatic heterocycles. The van der Waals surface area contributed by atoms with Crippen LogP contribution in [0.1, 0.15) is 43.7 Å². The zero-order valence-corrected chi connectivity index (χ0v) is 17.7. The van der Waals surface area contributed by atoms with Gasteiger partial charge in [-0.05, 0) is 64.9 Å². The molecule has 5 atom stereocenters. The zero-order valence-electron chi connectivity index (χ0n) is 17.7. The average molecular weight is 405 g/mol. The molecule has 3 aliphatic rings. The second-order valence-electron chi connectivity index (χ2n) is 9.06. The maximum atomic E-state index is 10.8. The molecule has 3 N–H and O–H groups in total. The molecule has 160 valence electrons. The van der Waals surface area contributed by atoms with Crippen molar-refractivity contribution in [3.05, 3.63) is 23.3 Å². The van der Waals surface area contributed by atoms with Gasteiger partial charge in [0.2, 0.25) is 0 Å². The van der Waals surface area contributed by atoms with E-state index in [4.69, 9.17) is 14.6 Å². The molecule has 1 fully saturated rings. The highest BCUT2D eigenvalue weighted by Gasteiger charge is 2.69. The summed E-state index contributed by atoms with van der Waals surface area (Å²) in [5, 5.41) is 23.0. The molecule has 1 aromatic carbocycles. The van der Waals surface area contributed by atoms with Crippen LogP contribution in [0.4, 0.5) is 0 Å². The number of nitrogens with one attached hydrogen (secondary N) is 1. The van der Waals surface area contributed by atoms with Crippen molar-refractivity contribution >= 4 is 5.97 Å². The van der Waals surface area contributed by atoms with E-state index >= 15 is 0 Å². The zero-order chi connectivity index (χ0) is 21.0. The third-order valence-electron chi connectivity index (χ3n) is 7.54. The molecule has 0 bridgehead atoms. The number of carboxylic acid groups (broad SMARTS) is 1. The van der Waals surface area contributed by atoms with Gasteiger partial charge < -0.3 is 29.9 Å². The van der Waals surface area contributed by atoms with Crippen molar-refractivity contribution in [2.24, 2.45) is 0 Å². The molecule has 0 aromatic heterocycles. The van der Waals surface area contributed by atoms with Gasteiger partial charge in [0.1, 0.15) is 6.10 Å². The molecule has 29 heavy (non-hydrogen) atoms. The van der Waals surface area contributed by atoms with E-state index < -0.39 is 17.0 Å². The Hall–Kier alpha value is -1.83. The van der Waals surface area contributed by atoms with Crippen LogP contribution in [0.15, 0.2) is 12.1 Å². The standard InChI is InChI=1S/C22H32N2O5/c1-21-18-13-7-8-15(25)19(18)29-20(21)14(23-11-5-6-17(26)27)9-10-22(21,28-4)16(12-13)24(2)3/h7-8,14,16,20,23,25H,5-6,9-12H2,1-4H3,(H,26,27)/t14-,16?,20-,21?,22+/m0/s1. The number of phenols is 1. The predicted octanol–water partition coefficient (Wildman–Crippen LogP) is 1.90. The second kappa shape index (κ2) is 7.15. The van der Waals surface area contributed by atoms with E-state index in [1.807, 2.05) is 6.07 Å². The van der Waals surface area contributed by atoms with Crippen LogP contribution < -0.4 is 10.1 Å². The van der Waals surface area contributed by atoms with E-state index in [2.05, 4.69) is 31.2 Å². The Morgan fingerprint density at radius 3 is 2.83 bits per heavy atom. The van der Waals surface area contributed by atoms with Gasteiger partial charge in [-0.15, -0.1) is 0 Å². The second-order valence-corrected chi connectivity index (χ2v) is 9.06. The summed E-state index contributed by atoms with van der Waals surface area (Å²) in [5.41, 5.74) is 1.45. The molecular weight excluding hydrogens is 372 g/mol. The molecule has 4 rings (SSSR count). The van der Waals surface area contributed by atoms with E-state index in [-0.39, 0.29) is 30.4 Å². The molecule has 0 spiro atoms. The Balaban J connectivity index is 1.74. The summed E-state index contributed by atoms with van der Waals surface area (Å²) in [6, 6.07) is 4.01. The van der Waals surface area contributed by atoms with Crippen LogP contribution in [0, 0.1) is 0 Å². The summed E-state index contributed by atoms with van der Waals surface area (Å²) in [6.07, 6.45) is 3.13. The molecule has 0 radical (unpaired) electrons. The Morgan fingerprint density at radius 1 is 1.41 bits per heavy atom. The van der Waals surface area contributed by atoms with Crippen molar-refractivity contribution in [2.45, 2.75) is 68.2 Å². The van der Waals surface area contributed by atoms with Crippen molar-refractivity contribution in [1.29, 1.82) is 0 Å². The lowest BCUT2D eigenvalue weighted by Crippen LogP contribution is -2.74. The Kier molecular flexibility index (Phi) is 5.04. The number of hydrogen-bond acceptors (Lipinski definition) is 6.